The molecule has 27 heavy (non-hydrogen) atoms. The van der Waals surface area contributed by atoms with Crippen molar-refractivity contribution in [3.63, 3.8) is 0 Å². The molecule has 0 N–H and O–H groups in total. The van der Waals surface area contributed by atoms with Crippen LogP contribution in [0.1, 0.15) is 0 Å². The average Bonchev–Trinajstić information content (AvgIpc) is 3.41. The smallest absolute Gasteiger partial charge is 0.181 e. The number of fused-ring (bicyclic) bond motifs is 3. The minimum absolute atomic E-state index is 0.605. The molecule has 0 radical (unpaired) electrons. The molecule has 0 unspecified atom stereocenters. The van der Waals surface area contributed by atoms with Gasteiger partial charge in [0, 0.05) is 19.2 Å². The third kappa shape index (κ3) is 2.50. The van der Waals surface area contributed by atoms with Gasteiger partial charge in [0.1, 0.15) is 13.2 Å². The van der Waals surface area contributed by atoms with Crippen molar-refractivity contribution in [1.82, 2.24) is 0 Å². The molecule has 0 atom stereocenters. The van der Waals surface area contributed by atoms with Gasteiger partial charge in [0.2, 0.25) is 0 Å². The summed E-state index contributed by atoms with van der Waals surface area (Å²) >= 11 is 5.41. The van der Waals surface area contributed by atoms with Gasteiger partial charge in [-0.1, -0.05) is 36.4 Å². The molecular formula is C22H14O2S3. The molecule has 0 saturated carbocycles. The molecule has 0 amide bonds. The lowest BCUT2D eigenvalue weighted by molar-refractivity contribution is 0.175. The van der Waals surface area contributed by atoms with Crippen LogP contribution in [0.25, 0.3) is 39.7 Å². The molecule has 0 spiro atoms. The molecule has 0 bridgehead atoms. The van der Waals surface area contributed by atoms with E-state index in [-0.39, 0.29) is 0 Å². The fourth-order valence-electron chi connectivity index (χ4n) is 3.46. The predicted molar refractivity (Wildman–Crippen MR) is 117 cm³/mol. The van der Waals surface area contributed by atoms with Crippen molar-refractivity contribution >= 4 is 54.2 Å². The first-order valence-corrected chi connectivity index (χ1v) is 11.2. The van der Waals surface area contributed by atoms with E-state index in [0.717, 1.165) is 11.5 Å². The van der Waals surface area contributed by atoms with Crippen molar-refractivity contribution in [3.8, 4) is 31.0 Å². The quantitative estimate of drug-likeness (QED) is 0.307. The first-order valence-electron chi connectivity index (χ1n) is 8.77. The summed E-state index contributed by atoms with van der Waals surface area (Å²) in [6, 6.07) is 21.6. The fraction of sp³-hybridized carbons (Fsp3) is 0.0909. The monoisotopic (exact) mass is 406 g/mol. The van der Waals surface area contributed by atoms with Crippen LogP contribution in [0.2, 0.25) is 0 Å². The number of rotatable bonds is 2. The molecule has 5 aromatic rings. The van der Waals surface area contributed by atoms with E-state index in [9.17, 15) is 0 Å². The minimum Gasteiger partial charge on any atom is -0.485 e. The van der Waals surface area contributed by atoms with Crippen LogP contribution < -0.4 is 9.47 Å². The van der Waals surface area contributed by atoms with E-state index in [1.807, 2.05) is 22.7 Å². The molecule has 0 aliphatic carbocycles. The molecule has 1 aliphatic heterocycles. The summed E-state index contributed by atoms with van der Waals surface area (Å²) < 4.78 is 14.8. The Kier molecular flexibility index (Phi) is 3.54. The Bertz CT molecular complexity index is 1130. The summed E-state index contributed by atoms with van der Waals surface area (Å²) in [5, 5.41) is 2.56. The molecular weight excluding hydrogens is 392 g/mol. The Morgan fingerprint density at radius 1 is 0.593 bits per heavy atom. The zero-order valence-electron chi connectivity index (χ0n) is 14.2. The largest absolute Gasteiger partial charge is 0.485 e. The van der Waals surface area contributed by atoms with Gasteiger partial charge in [0.05, 0.1) is 9.75 Å². The van der Waals surface area contributed by atoms with Crippen LogP contribution in [0.5, 0.6) is 11.5 Å². The van der Waals surface area contributed by atoms with Gasteiger partial charge in [0.15, 0.2) is 11.5 Å². The second-order valence-corrected chi connectivity index (χ2v) is 9.60. The van der Waals surface area contributed by atoms with E-state index < -0.39 is 0 Å². The van der Waals surface area contributed by atoms with E-state index in [0.29, 0.717) is 13.2 Å². The van der Waals surface area contributed by atoms with E-state index in [1.54, 1.807) is 11.3 Å². The van der Waals surface area contributed by atoms with E-state index in [2.05, 4.69) is 60.7 Å². The average molecular weight is 407 g/mol. The highest BCUT2D eigenvalue weighted by atomic mass is 32.1. The first kappa shape index (κ1) is 15.7. The van der Waals surface area contributed by atoms with Crippen molar-refractivity contribution in [1.29, 1.82) is 0 Å². The fourth-order valence-corrected chi connectivity index (χ4v) is 6.97. The second-order valence-electron chi connectivity index (χ2n) is 6.41. The molecule has 6 rings (SSSR count). The van der Waals surface area contributed by atoms with Gasteiger partial charge in [-0.2, -0.15) is 0 Å². The Labute approximate surface area is 168 Å². The molecule has 2 aromatic carbocycles. The van der Waals surface area contributed by atoms with E-state index in [4.69, 9.17) is 9.47 Å². The molecule has 5 heteroatoms. The summed E-state index contributed by atoms with van der Waals surface area (Å²) in [4.78, 5) is 4.85. The number of thiophene rings is 3. The lowest BCUT2D eigenvalue weighted by Crippen LogP contribution is -2.14. The first-order chi connectivity index (χ1) is 13.4. The molecule has 3 aromatic heterocycles. The molecule has 0 fully saturated rings. The highest BCUT2D eigenvalue weighted by Gasteiger charge is 2.27. The van der Waals surface area contributed by atoms with Gasteiger partial charge in [-0.25, -0.2) is 0 Å². The maximum absolute atomic E-state index is 6.08. The van der Waals surface area contributed by atoms with Crippen molar-refractivity contribution < 1.29 is 9.47 Å². The van der Waals surface area contributed by atoms with Crippen molar-refractivity contribution in [3.05, 3.63) is 60.7 Å². The van der Waals surface area contributed by atoms with Crippen LogP contribution in [0, 0.1) is 0 Å². The van der Waals surface area contributed by atoms with Gasteiger partial charge >= 0.3 is 0 Å². The topological polar surface area (TPSA) is 18.5 Å². The molecule has 1 aliphatic rings. The predicted octanol–water partition coefficient (Wildman–Crippen LogP) is 7.28. The zero-order chi connectivity index (χ0) is 17.8. The third-order valence-electron chi connectivity index (χ3n) is 4.70. The van der Waals surface area contributed by atoms with Crippen molar-refractivity contribution in [2.24, 2.45) is 0 Å². The molecule has 4 heterocycles. The normalized spacial score (nSPS) is 13.5. The Balaban J connectivity index is 1.57. The number of ether oxygens (including phenoxy) is 2. The summed E-state index contributed by atoms with van der Waals surface area (Å²) in [5.41, 5.74) is 0. The van der Waals surface area contributed by atoms with Crippen molar-refractivity contribution in [2.45, 2.75) is 0 Å². The summed E-state index contributed by atoms with van der Waals surface area (Å²) in [5.74, 6) is 1.82. The van der Waals surface area contributed by atoms with Crippen LogP contribution in [-0.4, -0.2) is 13.2 Å². The minimum atomic E-state index is 0.605. The maximum Gasteiger partial charge on any atom is 0.181 e. The zero-order valence-corrected chi connectivity index (χ0v) is 16.7. The van der Waals surface area contributed by atoms with Crippen LogP contribution in [0.3, 0.4) is 0 Å². The van der Waals surface area contributed by atoms with Crippen LogP contribution >= 0.6 is 34.0 Å². The Morgan fingerprint density at radius 2 is 1.07 bits per heavy atom. The summed E-state index contributed by atoms with van der Waals surface area (Å²) in [6.45, 7) is 1.21. The van der Waals surface area contributed by atoms with Crippen molar-refractivity contribution in [2.75, 3.05) is 13.2 Å². The van der Waals surface area contributed by atoms with Gasteiger partial charge in [0.25, 0.3) is 0 Å². The van der Waals surface area contributed by atoms with Crippen LogP contribution in [0.4, 0.5) is 0 Å². The highest BCUT2D eigenvalue weighted by Crippen LogP contribution is 2.56. The lowest BCUT2D eigenvalue weighted by atomic mass is 10.2. The van der Waals surface area contributed by atoms with Crippen LogP contribution in [0.15, 0.2) is 60.7 Å². The van der Waals surface area contributed by atoms with Gasteiger partial charge in [-0.3, -0.25) is 0 Å². The number of hydrogen-bond donors (Lipinski definition) is 0. The highest BCUT2D eigenvalue weighted by molar-refractivity contribution is 7.30. The molecule has 132 valence electrons. The van der Waals surface area contributed by atoms with Gasteiger partial charge in [-0.15, -0.1) is 34.0 Å². The third-order valence-corrected chi connectivity index (χ3v) is 8.44. The van der Waals surface area contributed by atoms with E-state index >= 15 is 0 Å². The number of hydrogen-bond acceptors (Lipinski definition) is 5. The second kappa shape index (κ2) is 6.09. The van der Waals surface area contributed by atoms with E-state index in [1.165, 1.54) is 39.7 Å². The number of benzene rings is 2. The Hall–Kier alpha value is -2.34. The van der Waals surface area contributed by atoms with Crippen LogP contribution in [-0.2, 0) is 0 Å². The summed E-state index contributed by atoms with van der Waals surface area (Å²) in [6.07, 6.45) is 0. The maximum atomic E-state index is 6.08. The standard InChI is InChI=1S/C22H14O2S3/c1-3-7-15-13(5-1)11-17(25-15)21-19-20(24-10-9-23-19)22(27-21)18-12-14-6-2-4-8-16(14)26-18/h1-8,11-12H,9-10H2. The Morgan fingerprint density at radius 3 is 1.56 bits per heavy atom. The lowest BCUT2D eigenvalue weighted by Gasteiger charge is -2.16. The summed E-state index contributed by atoms with van der Waals surface area (Å²) in [7, 11) is 0. The molecule has 0 saturated heterocycles. The van der Waals surface area contributed by atoms with Gasteiger partial charge in [-0.05, 0) is 35.0 Å². The molecule has 2 nitrogen and oxygen atoms in total. The SMILES string of the molecule is c1ccc2sc(-c3sc(-c4cc5ccccc5s4)c4c3OCCO4)cc2c1. The van der Waals surface area contributed by atoms with Gasteiger partial charge < -0.3 is 9.47 Å².